The average Bonchev–Trinajstić information content (AvgIpc) is 2.42. The van der Waals surface area contributed by atoms with Crippen molar-refractivity contribution < 1.29 is 22.5 Å². The van der Waals surface area contributed by atoms with Crippen molar-refractivity contribution >= 4 is 12.9 Å². The second kappa shape index (κ2) is 5.56. The van der Waals surface area contributed by atoms with E-state index in [2.05, 4.69) is 18.0 Å². The SMILES string of the molecule is Cc1nn(C)c(=O)c(-c2ccc(O)cc2C(F)(F)F)c1OS. The number of halogens is 3. The molecule has 0 saturated heterocycles. The minimum absolute atomic E-state index is 0.164. The Morgan fingerprint density at radius 3 is 2.55 bits per heavy atom. The van der Waals surface area contributed by atoms with E-state index in [0.29, 0.717) is 6.07 Å². The lowest BCUT2D eigenvalue weighted by molar-refractivity contribution is -0.137. The molecular formula is C13H11F3N2O3S. The molecule has 0 atom stereocenters. The smallest absolute Gasteiger partial charge is 0.417 e. The van der Waals surface area contributed by atoms with Gasteiger partial charge in [0.05, 0.1) is 11.1 Å². The molecule has 1 N–H and O–H groups in total. The zero-order chi connectivity index (χ0) is 16.7. The van der Waals surface area contributed by atoms with Crippen molar-refractivity contribution in [2.24, 2.45) is 7.05 Å². The van der Waals surface area contributed by atoms with Gasteiger partial charge in [0.2, 0.25) is 0 Å². The molecule has 0 unspecified atom stereocenters. The fraction of sp³-hybridized carbons (Fsp3) is 0.231. The number of nitrogens with zero attached hydrogens (tertiary/aromatic N) is 2. The van der Waals surface area contributed by atoms with Gasteiger partial charge in [-0.2, -0.15) is 18.3 Å². The fourth-order valence-corrected chi connectivity index (χ4v) is 2.31. The number of phenolic OH excluding ortho intramolecular Hbond substituents is 1. The first-order chi connectivity index (χ1) is 10.2. The quantitative estimate of drug-likeness (QED) is 0.656. The molecule has 118 valence electrons. The van der Waals surface area contributed by atoms with Gasteiger partial charge in [-0.25, -0.2) is 4.68 Å². The second-order valence-corrected chi connectivity index (χ2v) is 4.72. The standard InChI is InChI=1S/C13H11F3N2O3S/c1-6-11(21-22)10(12(20)18(2)17-6)8-4-3-7(19)5-9(8)13(14,15)16/h3-5,19,22H,1-2H3. The predicted octanol–water partition coefficient (Wildman–Crippen LogP) is 2.70. The normalized spacial score (nSPS) is 11.5. The minimum atomic E-state index is -4.76. The van der Waals surface area contributed by atoms with Crippen LogP contribution in [0.5, 0.6) is 11.5 Å². The third-order valence-electron chi connectivity index (χ3n) is 3.03. The number of aromatic nitrogens is 2. The molecule has 0 aliphatic heterocycles. The minimum Gasteiger partial charge on any atom is -0.508 e. The van der Waals surface area contributed by atoms with Crippen LogP contribution in [0.25, 0.3) is 11.1 Å². The highest BCUT2D eigenvalue weighted by atomic mass is 32.1. The van der Waals surface area contributed by atoms with Crippen molar-refractivity contribution in [2.45, 2.75) is 13.1 Å². The molecule has 0 radical (unpaired) electrons. The molecule has 0 fully saturated rings. The Kier molecular flexibility index (Phi) is 4.10. The number of benzene rings is 1. The van der Waals surface area contributed by atoms with Crippen molar-refractivity contribution in [1.29, 1.82) is 0 Å². The van der Waals surface area contributed by atoms with Crippen LogP contribution in [0.1, 0.15) is 11.3 Å². The maximum Gasteiger partial charge on any atom is 0.417 e. The molecule has 0 amide bonds. The van der Waals surface area contributed by atoms with Crippen LogP contribution in [0.15, 0.2) is 23.0 Å². The lowest BCUT2D eigenvalue weighted by atomic mass is 9.99. The molecule has 0 aliphatic rings. The molecule has 0 bridgehead atoms. The average molecular weight is 332 g/mol. The summed E-state index contributed by atoms with van der Waals surface area (Å²) in [6.07, 6.45) is -4.76. The van der Waals surface area contributed by atoms with E-state index < -0.39 is 28.6 Å². The maximum atomic E-state index is 13.2. The van der Waals surface area contributed by atoms with E-state index in [1.807, 2.05) is 0 Å². The topological polar surface area (TPSA) is 64.4 Å². The van der Waals surface area contributed by atoms with Gasteiger partial charge in [0.15, 0.2) is 5.75 Å². The lowest BCUT2D eigenvalue weighted by Gasteiger charge is -2.16. The zero-order valence-corrected chi connectivity index (χ0v) is 12.4. The summed E-state index contributed by atoms with van der Waals surface area (Å²) in [6.45, 7) is 1.47. The molecule has 2 aromatic rings. The van der Waals surface area contributed by atoms with E-state index in [1.54, 1.807) is 0 Å². The highest BCUT2D eigenvalue weighted by molar-refractivity contribution is 7.75. The van der Waals surface area contributed by atoms with Crippen LogP contribution in [-0.4, -0.2) is 14.9 Å². The molecule has 1 aromatic heterocycles. The third-order valence-corrected chi connectivity index (χ3v) is 3.22. The number of rotatable bonds is 2. The van der Waals surface area contributed by atoms with Gasteiger partial charge in [-0.1, -0.05) is 0 Å². The molecule has 22 heavy (non-hydrogen) atoms. The monoisotopic (exact) mass is 332 g/mol. The van der Waals surface area contributed by atoms with Crippen molar-refractivity contribution in [3.05, 3.63) is 39.8 Å². The van der Waals surface area contributed by atoms with Crippen LogP contribution in [0.4, 0.5) is 13.2 Å². The van der Waals surface area contributed by atoms with E-state index in [-0.39, 0.29) is 17.0 Å². The molecule has 0 saturated carbocycles. The van der Waals surface area contributed by atoms with Crippen LogP contribution in [0.3, 0.4) is 0 Å². The summed E-state index contributed by atoms with van der Waals surface area (Å²) < 4.78 is 45.2. The lowest BCUT2D eigenvalue weighted by Crippen LogP contribution is -2.24. The largest absolute Gasteiger partial charge is 0.508 e. The van der Waals surface area contributed by atoms with E-state index in [9.17, 15) is 23.1 Å². The molecule has 0 spiro atoms. The van der Waals surface area contributed by atoms with Crippen molar-refractivity contribution in [3.63, 3.8) is 0 Å². The number of hydrogen-bond donors (Lipinski definition) is 2. The summed E-state index contributed by atoms with van der Waals surface area (Å²) in [5.74, 6) is -0.727. The summed E-state index contributed by atoms with van der Waals surface area (Å²) in [4.78, 5) is 12.2. The van der Waals surface area contributed by atoms with Crippen LogP contribution >= 0.6 is 12.9 Å². The van der Waals surface area contributed by atoms with Gasteiger partial charge >= 0.3 is 6.18 Å². The van der Waals surface area contributed by atoms with Crippen molar-refractivity contribution in [2.75, 3.05) is 0 Å². The van der Waals surface area contributed by atoms with Crippen LogP contribution in [-0.2, 0) is 13.2 Å². The summed E-state index contributed by atoms with van der Waals surface area (Å²) in [5, 5.41) is 13.1. The summed E-state index contributed by atoms with van der Waals surface area (Å²) in [6, 6.07) is 2.61. The first-order valence-electron chi connectivity index (χ1n) is 5.96. The van der Waals surface area contributed by atoms with E-state index in [0.717, 1.165) is 16.8 Å². The number of alkyl halides is 3. The van der Waals surface area contributed by atoms with E-state index in [1.165, 1.54) is 14.0 Å². The Morgan fingerprint density at radius 2 is 2.00 bits per heavy atom. The maximum absolute atomic E-state index is 13.2. The molecule has 1 heterocycles. The molecule has 0 aliphatic carbocycles. The van der Waals surface area contributed by atoms with Gasteiger partial charge in [0.25, 0.3) is 5.56 Å². The number of phenols is 1. The van der Waals surface area contributed by atoms with Crippen molar-refractivity contribution in [1.82, 2.24) is 9.78 Å². The van der Waals surface area contributed by atoms with Gasteiger partial charge < -0.3 is 9.29 Å². The first-order valence-corrected chi connectivity index (χ1v) is 6.33. The Balaban J connectivity index is 2.92. The number of aromatic hydroxyl groups is 1. The number of hydrogen-bond acceptors (Lipinski definition) is 5. The Morgan fingerprint density at radius 1 is 1.36 bits per heavy atom. The summed E-state index contributed by atoms with van der Waals surface area (Å²) in [5.41, 5.74) is -2.46. The van der Waals surface area contributed by atoms with Gasteiger partial charge in [-0.05, 0) is 25.1 Å². The zero-order valence-electron chi connectivity index (χ0n) is 11.5. The predicted molar refractivity (Wildman–Crippen MR) is 75.9 cm³/mol. The third kappa shape index (κ3) is 2.76. The summed E-state index contributed by atoms with van der Waals surface area (Å²) in [7, 11) is 1.31. The molecule has 9 heteroatoms. The molecule has 5 nitrogen and oxygen atoms in total. The van der Waals surface area contributed by atoms with Crippen LogP contribution in [0.2, 0.25) is 0 Å². The van der Waals surface area contributed by atoms with Gasteiger partial charge in [-0.15, -0.1) is 0 Å². The van der Waals surface area contributed by atoms with Crippen molar-refractivity contribution in [3.8, 4) is 22.6 Å². The second-order valence-electron chi connectivity index (χ2n) is 4.54. The molecular weight excluding hydrogens is 321 g/mol. The van der Waals surface area contributed by atoms with Crippen LogP contribution < -0.4 is 9.74 Å². The Bertz CT molecular complexity index is 787. The molecule has 2 rings (SSSR count). The number of aryl methyl sites for hydroxylation is 2. The highest BCUT2D eigenvalue weighted by Gasteiger charge is 2.36. The summed E-state index contributed by atoms with van der Waals surface area (Å²) >= 11 is 3.59. The molecule has 1 aromatic carbocycles. The van der Waals surface area contributed by atoms with Crippen LogP contribution in [0, 0.1) is 6.92 Å². The highest BCUT2D eigenvalue weighted by Crippen LogP contribution is 2.41. The fourth-order valence-electron chi connectivity index (χ4n) is 2.09. The van der Waals surface area contributed by atoms with Gasteiger partial charge in [0, 0.05) is 25.5 Å². The Labute approximate surface area is 128 Å². The van der Waals surface area contributed by atoms with E-state index in [4.69, 9.17) is 4.18 Å². The van der Waals surface area contributed by atoms with Gasteiger partial charge in [-0.3, -0.25) is 4.79 Å². The first kappa shape index (κ1) is 16.2. The van der Waals surface area contributed by atoms with E-state index >= 15 is 0 Å². The van der Waals surface area contributed by atoms with Gasteiger partial charge in [0.1, 0.15) is 11.4 Å². The number of thiol groups is 1. The Hall–Kier alpha value is -2.16.